The maximum atomic E-state index is 13.4. The van der Waals surface area contributed by atoms with Crippen LogP contribution < -0.4 is 0 Å². The normalized spacial score (nSPS) is 13.8. The highest BCUT2D eigenvalue weighted by molar-refractivity contribution is 6.65. The van der Waals surface area contributed by atoms with Gasteiger partial charge in [0.15, 0.2) is 0 Å². The van der Waals surface area contributed by atoms with Gasteiger partial charge in [-0.05, 0) is 48.2 Å². The summed E-state index contributed by atoms with van der Waals surface area (Å²) < 4.78 is 26.7. The number of hydrogen-bond donors (Lipinski definition) is 0. The molecule has 104 valence electrons. The highest BCUT2D eigenvalue weighted by atomic mass is 35.5. The van der Waals surface area contributed by atoms with Crippen LogP contribution in [0.1, 0.15) is 18.1 Å². The fourth-order valence-electron chi connectivity index (χ4n) is 2.16. The quantitative estimate of drug-likeness (QED) is 0.771. The van der Waals surface area contributed by atoms with Crippen molar-refractivity contribution in [3.8, 4) is 0 Å². The summed E-state index contributed by atoms with van der Waals surface area (Å²) in [4.78, 5) is 11.8. The SMILES string of the molecule is CC(Cc1ccccc1)(C(=O)Cl)c1cc(F)cc(F)c1. The molecule has 0 heterocycles. The Morgan fingerprint density at radius 1 is 1.10 bits per heavy atom. The lowest BCUT2D eigenvalue weighted by molar-refractivity contribution is -0.116. The number of halogens is 3. The Morgan fingerprint density at radius 2 is 1.65 bits per heavy atom. The second-order valence-corrected chi connectivity index (χ2v) is 5.27. The standard InChI is InChI=1S/C16H13ClF2O/c1-16(15(17)20,10-11-5-3-2-4-6-11)12-7-13(18)9-14(19)8-12/h2-9H,10H2,1H3. The zero-order chi connectivity index (χ0) is 14.8. The molecule has 0 aliphatic carbocycles. The predicted octanol–water partition coefficient (Wildman–Crippen LogP) is 4.23. The lowest BCUT2D eigenvalue weighted by atomic mass is 9.78. The number of benzene rings is 2. The minimum absolute atomic E-state index is 0.235. The Morgan fingerprint density at radius 3 is 2.15 bits per heavy atom. The first-order valence-corrected chi connectivity index (χ1v) is 6.50. The Hall–Kier alpha value is -1.74. The van der Waals surface area contributed by atoms with Crippen molar-refractivity contribution in [3.05, 3.63) is 71.3 Å². The van der Waals surface area contributed by atoms with E-state index in [1.165, 1.54) is 0 Å². The highest BCUT2D eigenvalue weighted by Crippen LogP contribution is 2.31. The molecule has 0 fully saturated rings. The zero-order valence-electron chi connectivity index (χ0n) is 10.9. The summed E-state index contributed by atoms with van der Waals surface area (Å²) in [6.45, 7) is 1.59. The largest absolute Gasteiger partial charge is 0.280 e. The molecule has 1 atom stereocenters. The maximum absolute atomic E-state index is 13.4. The number of rotatable bonds is 4. The van der Waals surface area contributed by atoms with Crippen molar-refractivity contribution in [2.24, 2.45) is 0 Å². The molecule has 0 radical (unpaired) electrons. The van der Waals surface area contributed by atoms with E-state index in [1.807, 2.05) is 30.3 Å². The molecule has 0 bridgehead atoms. The van der Waals surface area contributed by atoms with Crippen LogP contribution in [-0.4, -0.2) is 5.24 Å². The van der Waals surface area contributed by atoms with E-state index < -0.39 is 22.3 Å². The van der Waals surface area contributed by atoms with Gasteiger partial charge in [0.1, 0.15) is 11.6 Å². The minimum atomic E-state index is -1.17. The van der Waals surface area contributed by atoms with Gasteiger partial charge in [-0.2, -0.15) is 0 Å². The molecule has 1 unspecified atom stereocenters. The van der Waals surface area contributed by atoms with Crippen molar-refractivity contribution < 1.29 is 13.6 Å². The van der Waals surface area contributed by atoms with E-state index in [2.05, 4.69) is 0 Å². The van der Waals surface area contributed by atoms with Gasteiger partial charge in [-0.3, -0.25) is 4.79 Å². The topological polar surface area (TPSA) is 17.1 Å². The van der Waals surface area contributed by atoms with E-state index in [-0.39, 0.29) is 12.0 Å². The van der Waals surface area contributed by atoms with Crippen molar-refractivity contribution in [2.45, 2.75) is 18.8 Å². The van der Waals surface area contributed by atoms with Gasteiger partial charge < -0.3 is 0 Å². The summed E-state index contributed by atoms with van der Waals surface area (Å²) in [7, 11) is 0. The minimum Gasteiger partial charge on any atom is -0.280 e. The number of hydrogen-bond acceptors (Lipinski definition) is 1. The van der Waals surface area contributed by atoms with Crippen molar-refractivity contribution in [1.82, 2.24) is 0 Å². The summed E-state index contributed by atoms with van der Waals surface area (Å²) in [6.07, 6.45) is 0.277. The third-order valence-corrected chi connectivity index (χ3v) is 3.75. The molecule has 0 aliphatic rings. The Kier molecular flexibility index (Phi) is 4.19. The van der Waals surface area contributed by atoms with Crippen molar-refractivity contribution in [2.75, 3.05) is 0 Å². The van der Waals surface area contributed by atoms with Crippen molar-refractivity contribution >= 4 is 16.8 Å². The van der Waals surface area contributed by atoms with Crippen LogP contribution >= 0.6 is 11.6 Å². The number of carbonyl (C=O) groups is 1. The van der Waals surface area contributed by atoms with E-state index in [0.29, 0.717) is 0 Å². The fraction of sp³-hybridized carbons (Fsp3) is 0.188. The first kappa shape index (κ1) is 14.7. The third kappa shape index (κ3) is 3.05. The Balaban J connectivity index is 2.46. The highest BCUT2D eigenvalue weighted by Gasteiger charge is 2.35. The van der Waals surface area contributed by atoms with E-state index >= 15 is 0 Å². The van der Waals surface area contributed by atoms with Gasteiger partial charge in [0, 0.05) is 6.07 Å². The lowest BCUT2D eigenvalue weighted by Gasteiger charge is -2.26. The molecule has 0 saturated heterocycles. The average molecular weight is 295 g/mol. The van der Waals surface area contributed by atoms with E-state index in [1.54, 1.807) is 6.92 Å². The van der Waals surface area contributed by atoms with Gasteiger partial charge >= 0.3 is 0 Å². The molecule has 20 heavy (non-hydrogen) atoms. The molecule has 0 saturated carbocycles. The zero-order valence-corrected chi connectivity index (χ0v) is 11.6. The smallest absolute Gasteiger partial charge is 0.232 e. The van der Waals surface area contributed by atoms with Gasteiger partial charge in [0.2, 0.25) is 5.24 Å². The van der Waals surface area contributed by atoms with Crippen LogP contribution in [0.15, 0.2) is 48.5 Å². The Labute approximate surface area is 121 Å². The lowest BCUT2D eigenvalue weighted by Crippen LogP contribution is -2.32. The maximum Gasteiger partial charge on any atom is 0.232 e. The molecule has 1 nitrogen and oxygen atoms in total. The van der Waals surface area contributed by atoms with Crippen LogP contribution in [0.25, 0.3) is 0 Å². The summed E-state index contributed by atoms with van der Waals surface area (Å²) >= 11 is 5.69. The van der Waals surface area contributed by atoms with Crippen LogP contribution in [0.5, 0.6) is 0 Å². The molecule has 2 aromatic carbocycles. The number of carbonyl (C=O) groups excluding carboxylic acids is 1. The molecule has 4 heteroatoms. The summed E-state index contributed by atoms with van der Waals surface area (Å²) in [6, 6.07) is 12.3. The first-order valence-electron chi connectivity index (χ1n) is 6.12. The second kappa shape index (κ2) is 5.71. The van der Waals surface area contributed by atoms with Crippen molar-refractivity contribution in [1.29, 1.82) is 0 Å². The predicted molar refractivity (Wildman–Crippen MR) is 74.7 cm³/mol. The molecular formula is C16H13ClF2O. The van der Waals surface area contributed by atoms with Gasteiger partial charge in [0.25, 0.3) is 0 Å². The molecule has 2 rings (SSSR count). The van der Waals surface area contributed by atoms with Gasteiger partial charge in [-0.25, -0.2) is 8.78 Å². The van der Waals surface area contributed by atoms with Crippen molar-refractivity contribution in [3.63, 3.8) is 0 Å². The van der Waals surface area contributed by atoms with E-state index in [0.717, 1.165) is 23.8 Å². The van der Waals surface area contributed by atoms with Gasteiger partial charge in [0.05, 0.1) is 5.41 Å². The van der Waals surface area contributed by atoms with E-state index in [4.69, 9.17) is 11.6 Å². The van der Waals surface area contributed by atoms with Crippen LogP contribution in [0.3, 0.4) is 0 Å². The van der Waals surface area contributed by atoms with Crippen LogP contribution in [0.4, 0.5) is 8.78 Å². The van der Waals surface area contributed by atoms with Crippen LogP contribution in [0, 0.1) is 11.6 Å². The van der Waals surface area contributed by atoms with Crippen LogP contribution in [-0.2, 0) is 16.6 Å². The molecular weight excluding hydrogens is 282 g/mol. The Bertz CT molecular complexity index is 607. The van der Waals surface area contributed by atoms with Crippen LogP contribution in [0.2, 0.25) is 0 Å². The molecule has 0 spiro atoms. The monoisotopic (exact) mass is 294 g/mol. The molecule has 2 aromatic rings. The molecule has 0 aromatic heterocycles. The summed E-state index contributed by atoms with van der Waals surface area (Å²) in [5, 5.41) is -0.647. The fourth-order valence-corrected chi connectivity index (χ4v) is 2.34. The van der Waals surface area contributed by atoms with Gasteiger partial charge in [-0.15, -0.1) is 0 Å². The summed E-state index contributed by atoms with van der Waals surface area (Å²) in [5.74, 6) is -1.45. The molecule has 0 N–H and O–H groups in total. The van der Waals surface area contributed by atoms with E-state index in [9.17, 15) is 13.6 Å². The second-order valence-electron chi connectivity index (χ2n) is 4.93. The third-order valence-electron chi connectivity index (χ3n) is 3.33. The summed E-state index contributed by atoms with van der Waals surface area (Å²) in [5.41, 5.74) is -0.0706. The molecule has 0 aliphatic heterocycles. The average Bonchev–Trinajstić information content (AvgIpc) is 2.38. The first-order chi connectivity index (χ1) is 9.41. The molecule has 0 amide bonds. The van der Waals surface area contributed by atoms with Gasteiger partial charge in [-0.1, -0.05) is 30.3 Å².